The van der Waals surface area contributed by atoms with Crippen molar-refractivity contribution in [3.8, 4) is 0 Å². The van der Waals surface area contributed by atoms with E-state index in [4.69, 9.17) is 0 Å². The Morgan fingerprint density at radius 1 is 1.00 bits per heavy atom. The van der Waals surface area contributed by atoms with Gasteiger partial charge >= 0.3 is 0 Å². The Morgan fingerprint density at radius 3 is 2.38 bits per heavy atom. The molecule has 128 valence electrons. The maximum atomic E-state index is 13.4. The molecule has 2 aliphatic carbocycles. The first-order valence-corrected chi connectivity index (χ1v) is 9.18. The summed E-state index contributed by atoms with van der Waals surface area (Å²) in [6, 6.07) is 4.10. The van der Waals surface area contributed by atoms with Gasteiger partial charge in [0, 0.05) is 0 Å². The average Bonchev–Trinajstić information content (AvgIpc) is 2.63. The molecule has 0 amide bonds. The van der Waals surface area contributed by atoms with Gasteiger partial charge in [0.2, 0.25) is 0 Å². The summed E-state index contributed by atoms with van der Waals surface area (Å²) in [6.45, 7) is 2.30. The van der Waals surface area contributed by atoms with E-state index in [9.17, 15) is 8.78 Å². The summed E-state index contributed by atoms with van der Waals surface area (Å²) < 4.78 is 26.4. The average molecular weight is 328 g/mol. The summed E-state index contributed by atoms with van der Waals surface area (Å²) in [6.07, 6.45) is 17.5. The molecule has 0 atom stereocenters. The second-order valence-electron chi connectivity index (χ2n) is 7.14. The topological polar surface area (TPSA) is 0 Å². The lowest BCUT2D eigenvalue weighted by Crippen LogP contribution is -2.13. The highest BCUT2D eigenvalue weighted by atomic mass is 19.2. The number of hydrogen-bond acceptors (Lipinski definition) is 0. The molecule has 0 bridgehead atoms. The van der Waals surface area contributed by atoms with Gasteiger partial charge in [-0.05, 0) is 66.4 Å². The van der Waals surface area contributed by atoms with Gasteiger partial charge < -0.3 is 0 Å². The molecular weight excluding hydrogens is 302 g/mol. The summed E-state index contributed by atoms with van der Waals surface area (Å²) in [7, 11) is 0. The molecule has 0 aliphatic heterocycles. The van der Waals surface area contributed by atoms with Crippen LogP contribution >= 0.6 is 0 Å². The molecule has 0 nitrogen and oxygen atoms in total. The molecule has 0 aromatic heterocycles. The Balaban J connectivity index is 1.55. The third-order valence-corrected chi connectivity index (χ3v) is 5.54. The molecule has 1 saturated carbocycles. The van der Waals surface area contributed by atoms with Crippen LogP contribution in [0.5, 0.6) is 0 Å². The van der Waals surface area contributed by atoms with Gasteiger partial charge in [0.25, 0.3) is 0 Å². The Morgan fingerprint density at radius 2 is 1.75 bits per heavy atom. The standard InChI is InChI=1S/C22H26F2/c1-2-16-3-5-17(6-4-16)7-8-18-9-11-19(12-10-18)20-13-14-21(23)22(24)15-20/h8-9,11-17H,2-7,10H2,1H3/t16-,17+. The van der Waals surface area contributed by atoms with Crippen molar-refractivity contribution in [3.63, 3.8) is 0 Å². The molecule has 3 rings (SSSR count). The van der Waals surface area contributed by atoms with E-state index >= 15 is 0 Å². The van der Waals surface area contributed by atoms with E-state index in [0.717, 1.165) is 29.4 Å². The van der Waals surface area contributed by atoms with Crippen molar-refractivity contribution in [2.45, 2.75) is 51.9 Å². The lowest BCUT2D eigenvalue weighted by Gasteiger charge is -2.27. The quantitative estimate of drug-likeness (QED) is 0.567. The SMILES string of the molecule is CC[C@H]1CC[C@@H](CC=C2C=CC(c3ccc(F)c(F)c3)=CC2)CC1. The van der Waals surface area contributed by atoms with E-state index in [1.54, 1.807) is 6.07 Å². The van der Waals surface area contributed by atoms with Crippen molar-refractivity contribution in [1.82, 2.24) is 0 Å². The Hall–Kier alpha value is -1.70. The van der Waals surface area contributed by atoms with E-state index in [2.05, 4.69) is 25.2 Å². The van der Waals surface area contributed by atoms with E-state index in [-0.39, 0.29) is 0 Å². The van der Waals surface area contributed by atoms with Crippen LogP contribution in [0.2, 0.25) is 0 Å². The second-order valence-corrected chi connectivity index (χ2v) is 7.14. The van der Waals surface area contributed by atoms with E-state index < -0.39 is 11.6 Å². The zero-order valence-corrected chi connectivity index (χ0v) is 14.4. The summed E-state index contributed by atoms with van der Waals surface area (Å²) in [4.78, 5) is 0. The first kappa shape index (κ1) is 17.1. The van der Waals surface area contributed by atoms with Gasteiger partial charge in [0.15, 0.2) is 11.6 Å². The smallest absolute Gasteiger partial charge is 0.159 e. The largest absolute Gasteiger partial charge is 0.204 e. The minimum absolute atomic E-state index is 0.738. The third kappa shape index (κ3) is 4.23. The van der Waals surface area contributed by atoms with Crippen LogP contribution in [0.1, 0.15) is 57.4 Å². The Bertz CT molecular complexity index is 659. The van der Waals surface area contributed by atoms with E-state index in [1.165, 1.54) is 56.2 Å². The number of allylic oxidation sites excluding steroid dienone is 6. The first-order chi connectivity index (χ1) is 11.7. The zero-order valence-electron chi connectivity index (χ0n) is 14.4. The summed E-state index contributed by atoms with van der Waals surface area (Å²) >= 11 is 0. The third-order valence-electron chi connectivity index (χ3n) is 5.54. The number of rotatable bonds is 4. The van der Waals surface area contributed by atoms with Crippen LogP contribution < -0.4 is 0 Å². The van der Waals surface area contributed by atoms with Gasteiger partial charge in [-0.2, -0.15) is 0 Å². The van der Waals surface area contributed by atoms with Crippen LogP contribution in [0.15, 0.2) is 48.1 Å². The maximum absolute atomic E-state index is 13.4. The lowest BCUT2D eigenvalue weighted by atomic mass is 9.79. The molecule has 1 aromatic carbocycles. The van der Waals surface area contributed by atoms with Gasteiger partial charge in [0.05, 0.1) is 0 Å². The highest BCUT2D eigenvalue weighted by molar-refractivity contribution is 5.76. The maximum Gasteiger partial charge on any atom is 0.159 e. The summed E-state index contributed by atoms with van der Waals surface area (Å²) in [5.74, 6) is 0.207. The molecule has 0 spiro atoms. The van der Waals surface area contributed by atoms with Crippen molar-refractivity contribution < 1.29 is 8.78 Å². The fourth-order valence-corrected chi connectivity index (χ4v) is 3.80. The molecule has 0 unspecified atom stereocenters. The predicted molar refractivity (Wildman–Crippen MR) is 96.5 cm³/mol. The second kappa shape index (κ2) is 7.92. The van der Waals surface area contributed by atoms with Crippen LogP contribution in [0.4, 0.5) is 8.78 Å². The fourth-order valence-electron chi connectivity index (χ4n) is 3.80. The van der Waals surface area contributed by atoms with Gasteiger partial charge in [-0.1, -0.05) is 56.6 Å². The number of hydrogen-bond donors (Lipinski definition) is 0. The molecule has 1 fully saturated rings. The molecule has 1 aromatic rings. The predicted octanol–water partition coefficient (Wildman–Crippen LogP) is 6.84. The summed E-state index contributed by atoms with van der Waals surface area (Å²) in [5.41, 5.74) is 3.04. The Labute approximate surface area is 144 Å². The zero-order chi connectivity index (χ0) is 16.9. The molecule has 0 saturated heterocycles. The number of halogens is 2. The highest BCUT2D eigenvalue weighted by Crippen LogP contribution is 2.33. The van der Waals surface area contributed by atoms with Crippen molar-refractivity contribution in [2.24, 2.45) is 11.8 Å². The van der Waals surface area contributed by atoms with Crippen LogP contribution in [0.3, 0.4) is 0 Å². The summed E-state index contributed by atoms with van der Waals surface area (Å²) in [5, 5.41) is 0. The van der Waals surface area contributed by atoms with Crippen molar-refractivity contribution in [2.75, 3.05) is 0 Å². The van der Waals surface area contributed by atoms with E-state index in [0.29, 0.717) is 0 Å². The van der Waals surface area contributed by atoms with Crippen molar-refractivity contribution in [1.29, 1.82) is 0 Å². The van der Waals surface area contributed by atoms with Crippen molar-refractivity contribution in [3.05, 3.63) is 65.3 Å². The van der Waals surface area contributed by atoms with Crippen LogP contribution in [0, 0.1) is 23.5 Å². The molecule has 2 heteroatoms. The number of benzene rings is 1. The van der Waals surface area contributed by atoms with Crippen LogP contribution in [-0.4, -0.2) is 0 Å². The molecule has 0 radical (unpaired) electrons. The normalized spacial score (nSPS) is 25.8. The van der Waals surface area contributed by atoms with Gasteiger partial charge in [-0.15, -0.1) is 0 Å². The monoisotopic (exact) mass is 328 g/mol. The minimum atomic E-state index is -0.794. The van der Waals surface area contributed by atoms with Gasteiger partial charge in [-0.3, -0.25) is 0 Å². The minimum Gasteiger partial charge on any atom is -0.204 e. The highest BCUT2D eigenvalue weighted by Gasteiger charge is 2.19. The lowest BCUT2D eigenvalue weighted by molar-refractivity contribution is 0.270. The molecule has 2 aliphatic rings. The molecule has 0 heterocycles. The Kier molecular flexibility index (Phi) is 5.65. The van der Waals surface area contributed by atoms with E-state index in [1.807, 2.05) is 6.08 Å². The molecule has 24 heavy (non-hydrogen) atoms. The molecule has 0 N–H and O–H groups in total. The van der Waals surface area contributed by atoms with Gasteiger partial charge in [0.1, 0.15) is 0 Å². The molecular formula is C22H26F2. The van der Waals surface area contributed by atoms with Gasteiger partial charge in [-0.25, -0.2) is 8.78 Å². The first-order valence-electron chi connectivity index (χ1n) is 9.18. The van der Waals surface area contributed by atoms with Crippen LogP contribution in [0.25, 0.3) is 5.57 Å². The fraction of sp³-hybridized carbons (Fsp3) is 0.455. The van der Waals surface area contributed by atoms with Crippen molar-refractivity contribution >= 4 is 5.57 Å². The van der Waals surface area contributed by atoms with Crippen LogP contribution in [-0.2, 0) is 0 Å².